The minimum absolute atomic E-state index is 0.239. The van der Waals surface area contributed by atoms with Crippen molar-refractivity contribution >= 4 is 11.9 Å². The molecule has 4 heteroatoms. The maximum absolute atomic E-state index is 11.9. The van der Waals surface area contributed by atoms with Gasteiger partial charge in [-0.2, -0.15) is 0 Å². The molecule has 0 bridgehead atoms. The molecule has 0 atom stereocenters. The summed E-state index contributed by atoms with van der Waals surface area (Å²) in [6.07, 6.45) is 2.03. The van der Waals surface area contributed by atoms with Gasteiger partial charge < -0.3 is 9.47 Å². The number of hydrogen-bond acceptors (Lipinski definition) is 4. The third kappa shape index (κ3) is 4.37. The van der Waals surface area contributed by atoms with Crippen molar-refractivity contribution < 1.29 is 19.1 Å². The molecule has 110 valence electrons. The van der Waals surface area contributed by atoms with Crippen LogP contribution in [0.5, 0.6) is 0 Å². The highest BCUT2D eigenvalue weighted by atomic mass is 16.6. The Balaban J connectivity index is 2.97. The zero-order valence-electron chi connectivity index (χ0n) is 12.3. The summed E-state index contributed by atoms with van der Waals surface area (Å²) < 4.78 is 9.93. The minimum atomic E-state index is -0.995. The molecule has 0 amide bonds. The van der Waals surface area contributed by atoms with Crippen LogP contribution in [0.4, 0.5) is 0 Å². The number of ether oxygens (including phenoxy) is 2. The fourth-order valence-electron chi connectivity index (χ4n) is 1.99. The van der Waals surface area contributed by atoms with Crippen LogP contribution >= 0.6 is 0 Å². The van der Waals surface area contributed by atoms with Gasteiger partial charge in [0.25, 0.3) is 0 Å². The Bertz CT molecular complexity index is 418. The van der Waals surface area contributed by atoms with Gasteiger partial charge >= 0.3 is 11.9 Å². The van der Waals surface area contributed by atoms with Gasteiger partial charge in [0, 0.05) is 0 Å². The van der Waals surface area contributed by atoms with E-state index in [1.807, 2.05) is 12.1 Å². The van der Waals surface area contributed by atoms with Gasteiger partial charge in [-0.3, -0.25) is 9.59 Å². The second-order valence-electron chi connectivity index (χ2n) is 4.43. The lowest BCUT2D eigenvalue weighted by atomic mass is 9.97. The van der Waals surface area contributed by atoms with Crippen LogP contribution in [0, 0.1) is 0 Å². The van der Waals surface area contributed by atoms with Crippen molar-refractivity contribution in [3.63, 3.8) is 0 Å². The summed E-state index contributed by atoms with van der Waals surface area (Å²) in [5.41, 5.74) is 1.80. The predicted octanol–water partition coefficient (Wildman–Crippen LogP) is 2.85. The number of aryl methyl sites for hydroxylation is 1. The van der Waals surface area contributed by atoms with E-state index >= 15 is 0 Å². The smallest absolute Gasteiger partial charge is 0.324 e. The van der Waals surface area contributed by atoms with Crippen LogP contribution < -0.4 is 0 Å². The Morgan fingerprint density at radius 3 is 1.85 bits per heavy atom. The summed E-state index contributed by atoms with van der Waals surface area (Å²) in [6.45, 7) is 6.01. The number of hydrogen-bond donors (Lipinski definition) is 0. The minimum Gasteiger partial charge on any atom is -0.465 e. The number of carbonyl (C=O) groups excluding carboxylic acids is 2. The number of esters is 2. The lowest BCUT2D eigenvalue weighted by Gasteiger charge is -2.15. The predicted molar refractivity (Wildman–Crippen MR) is 76.4 cm³/mol. The van der Waals surface area contributed by atoms with Gasteiger partial charge in [0.1, 0.15) is 0 Å². The van der Waals surface area contributed by atoms with Gasteiger partial charge in [0.15, 0.2) is 5.92 Å². The molecule has 0 saturated heterocycles. The number of carbonyl (C=O) groups is 2. The van der Waals surface area contributed by atoms with Gasteiger partial charge in [-0.25, -0.2) is 0 Å². The Labute approximate surface area is 120 Å². The molecular weight excluding hydrogens is 256 g/mol. The van der Waals surface area contributed by atoms with Gasteiger partial charge in [-0.1, -0.05) is 37.6 Å². The highest BCUT2D eigenvalue weighted by Crippen LogP contribution is 2.20. The molecule has 0 N–H and O–H groups in total. The molecule has 1 rings (SSSR count). The summed E-state index contributed by atoms with van der Waals surface area (Å²) in [4.78, 5) is 23.9. The lowest BCUT2D eigenvalue weighted by Crippen LogP contribution is -2.26. The molecule has 0 aliphatic heterocycles. The van der Waals surface area contributed by atoms with Crippen LogP contribution in [0.2, 0.25) is 0 Å². The van der Waals surface area contributed by atoms with Gasteiger partial charge in [0.05, 0.1) is 13.2 Å². The Hall–Kier alpha value is -1.84. The van der Waals surface area contributed by atoms with Gasteiger partial charge in [-0.05, 0) is 31.4 Å². The maximum atomic E-state index is 11.9. The third-order valence-corrected chi connectivity index (χ3v) is 2.90. The van der Waals surface area contributed by atoms with Crippen LogP contribution in [-0.2, 0) is 25.5 Å². The number of benzene rings is 1. The largest absolute Gasteiger partial charge is 0.465 e. The first-order valence-corrected chi connectivity index (χ1v) is 7.06. The zero-order valence-corrected chi connectivity index (χ0v) is 12.3. The fourth-order valence-corrected chi connectivity index (χ4v) is 1.99. The van der Waals surface area contributed by atoms with E-state index in [0.29, 0.717) is 5.56 Å². The fraction of sp³-hybridized carbons (Fsp3) is 0.500. The molecule has 4 nitrogen and oxygen atoms in total. The third-order valence-electron chi connectivity index (χ3n) is 2.90. The topological polar surface area (TPSA) is 52.6 Å². The van der Waals surface area contributed by atoms with Crippen LogP contribution in [-0.4, -0.2) is 25.2 Å². The zero-order chi connectivity index (χ0) is 15.0. The summed E-state index contributed by atoms with van der Waals surface area (Å²) in [6, 6.07) is 7.46. The van der Waals surface area contributed by atoms with E-state index in [2.05, 4.69) is 6.92 Å². The molecule has 0 aliphatic rings. The molecule has 0 heterocycles. The summed E-state index contributed by atoms with van der Waals surface area (Å²) in [5.74, 6) is -2.12. The van der Waals surface area contributed by atoms with E-state index < -0.39 is 17.9 Å². The summed E-state index contributed by atoms with van der Waals surface area (Å²) in [7, 11) is 0. The average molecular weight is 278 g/mol. The first-order chi connectivity index (χ1) is 9.63. The highest BCUT2D eigenvalue weighted by Gasteiger charge is 2.31. The summed E-state index contributed by atoms with van der Waals surface area (Å²) >= 11 is 0. The van der Waals surface area contributed by atoms with E-state index in [-0.39, 0.29) is 13.2 Å². The van der Waals surface area contributed by atoms with E-state index in [4.69, 9.17) is 9.47 Å². The molecule has 0 unspecified atom stereocenters. The van der Waals surface area contributed by atoms with E-state index in [0.717, 1.165) is 12.8 Å². The molecule has 1 aromatic carbocycles. The molecule has 0 spiro atoms. The van der Waals surface area contributed by atoms with Crippen LogP contribution in [0.1, 0.15) is 44.2 Å². The highest BCUT2D eigenvalue weighted by molar-refractivity contribution is 6.00. The molecular formula is C16H22O4. The van der Waals surface area contributed by atoms with Crippen molar-refractivity contribution in [3.8, 4) is 0 Å². The average Bonchev–Trinajstić information content (AvgIpc) is 2.42. The van der Waals surface area contributed by atoms with E-state index in [9.17, 15) is 9.59 Å². The standard InChI is InChI=1S/C16H22O4/c1-4-7-12-8-10-13(11-9-12)14(15(17)19-5-2)16(18)20-6-3/h8-11,14H,4-7H2,1-3H3. The molecule has 0 aliphatic carbocycles. The second-order valence-corrected chi connectivity index (χ2v) is 4.43. The van der Waals surface area contributed by atoms with Crippen LogP contribution in [0.15, 0.2) is 24.3 Å². The Kier molecular flexibility index (Phi) is 6.77. The Morgan fingerprint density at radius 2 is 1.45 bits per heavy atom. The van der Waals surface area contributed by atoms with Crippen molar-refractivity contribution in [1.82, 2.24) is 0 Å². The molecule has 0 saturated carbocycles. The molecule has 0 radical (unpaired) electrons. The van der Waals surface area contributed by atoms with E-state index in [1.165, 1.54) is 5.56 Å². The monoisotopic (exact) mass is 278 g/mol. The van der Waals surface area contributed by atoms with Crippen LogP contribution in [0.25, 0.3) is 0 Å². The number of rotatable bonds is 7. The maximum Gasteiger partial charge on any atom is 0.324 e. The van der Waals surface area contributed by atoms with Crippen molar-refractivity contribution in [2.45, 2.75) is 39.5 Å². The van der Waals surface area contributed by atoms with Crippen molar-refractivity contribution in [2.75, 3.05) is 13.2 Å². The van der Waals surface area contributed by atoms with Crippen molar-refractivity contribution in [2.24, 2.45) is 0 Å². The summed E-state index contributed by atoms with van der Waals surface area (Å²) in [5, 5.41) is 0. The lowest BCUT2D eigenvalue weighted by molar-refractivity contribution is -0.156. The SMILES string of the molecule is CCCc1ccc(C(C(=O)OCC)C(=O)OCC)cc1. The quantitative estimate of drug-likeness (QED) is 0.568. The first kappa shape index (κ1) is 16.2. The molecule has 1 aromatic rings. The normalized spacial score (nSPS) is 10.4. The molecule has 0 fully saturated rings. The molecule has 20 heavy (non-hydrogen) atoms. The van der Waals surface area contributed by atoms with Crippen molar-refractivity contribution in [1.29, 1.82) is 0 Å². The van der Waals surface area contributed by atoms with Gasteiger partial charge in [0.2, 0.25) is 0 Å². The second kappa shape index (κ2) is 8.35. The molecule has 0 aromatic heterocycles. The first-order valence-electron chi connectivity index (χ1n) is 7.06. The Morgan fingerprint density at radius 1 is 0.950 bits per heavy atom. The van der Waals surface area contributed by atoms with Crippen molar-refractivity contribution in [3.05, 3.63) is 35.4 Å². The van der Waals surface area contributed by atoms with E-state index in [1.54, 1.807) is 26.0 Å². The van der Waals surface area contributed by atoms with Gasteiger partial charge in [-0.15, -0.1) is 0 Å². The van der Waals surface area contributed by atoms with Crippen LogP contribution in [0.3, 0.4) is 0 Å².